The zero-order valence-electron chi connectivity index (χ0n) is 15.1. The molecule has 8 heteroatoms. The molecule has 3 rings (SSSR count). The fourth-order valence-corrected chi connectivity index (χ4v) is 3.81. The minimum Gasteiger partial charge on any atom is -0.393 e. The van der Waals surface area contributed by atoms with E-state index in [1.165, 1.54) is 11.3 Å². The van der Waals surface area contributed by atoms with Crippen molar-refractivity contribution in [1.82, 2.24) is 15.0 Å². The number of aliphatic hydroxyl groups is 2. The first-order chi connectivity index (χ1) is 12.7. The predicted octanol–water partition coefficient (Wildman–Crippen LogP) is 3.02. The summed E-state index contributed by atoms with van der Waals surface area (Å²) in [5, 5.41) is 26.6. The van der Waals surface area contributed by atoms with Crippen LogP contribution in [0.1, 0.15) is 50.3 Å². The molecule has 1 aliphatic carbocycles. The third-order valence-electron chi connectivity index (χ3n) is 4.58. The molecule has 0 spiro atoms. The van der Waals surface area contributed by atoms with E-state index in [4.69, 9.17) is 0 Å². The normalized spacial score (nSPS) is 20.1. The van der Waals surface area contributed by atoms with Gasteiger partial charge in [-0.2, -0.15) is 4.98 Å². The van der Waals surface area contributed by atoms with Gasteiger partial charge >= 0.3 is 0 Å². The molecule has 1 saturated carbocycles. The summed E-state index contributed by atoms with van der Waals surface area (Å²) in [6.45, 7) is 2.98. The number of nitrogens with one attached hydrogen (secondary N) is 2. The molecule has 142 valence electrons. The van der Waals surface area contributed by atoms with Crippen molar-refractivity contribution in [3.63, 3.8) is 0 Å². The molecule has 0 saturated heterocycles. The maximum Gasteiger partial charge on any atom is 0.224 e. The van der Waals surface area contributed by atoms with E-state index in [0.717, 1.165) is 66.3 Å². The zero-order chi connectivity index (χ0) is 18.4. The van der Waals surface area contributed by atoms with Gasteiger partial charge in [-0.3, -0.25) is 0 Å². The smallest absolute Gasteiger partial charge is 0.224 e. The number of anilines is 2. The van der Waals surface area contributed by atoms with E-state index >= 15 is 0 Å². The topological polar surface area (TPSA) is 103 Å². The minimum atomic E-state index is -0.185. The lowest BCUT2D eigenvalue weighted by Gasteiger charge is -2.27. The highest BCUT2D eigenvalue weighted by Gasteiger charge is 2.22. The van der Waals surface area contributed by atoms with Gasteiger partial charge in [0.15, 0.2) is 0 Å². The second kappa shape index (κ2) is 9.25. The number of rotatable bonds is 8. The molecule has 1 fully saturated rings. The Kier molecular flexibility index (Phi) is 6.76. The third-order valence-corrected chi connectivity index (χ3v) is 5.59. The molecule has 4 N–H and O–H groups in total. The molecule has 0 aliphatic heterocycles. The highest BCUT2D eigenvalue weighted by Crippen LogP contribution is 2.32. The predicted molar refractivity (Wildman–Crippen MR) is 104 cm³/mol. The van der Waals surface area contributed by atoms with Crippen LogP contribution in [0.3, 0.4) is 0 Å². The van der Waals surface area contributed by atoms with Gasteiger partial charge in [-0.1, -0.05) is 13.3 Å². The van der Waals surface area contributed by atoms with Crippen molar-refractivity contribution in [3.8, 4) is 10.6 Å². The largest absolute Gasteiger partial charge is 0.393 e. The molecule has 2 heterocycles. The van der Waals surface area contributed by atoms with Gasteiger partial charge in [0.05, 0.1) is 23.2 Å². The van der Waals surface area contributed by atoms with Crippen LogP contribution >= 0.6 is 11.3 Å². The van der Waals surface area contributed by atoms with Crippen LogP contribution in [0.5, 0.6) is 0 Å². The Morgan fingerprint density at radius 3 is 2.69 bits per heavy atom. The average Bonchev–Trinajstić information content (AvgIpc) is 3.13. The Morgan fingerprint density at radius 1 is 1.19 bits per heavy atom. The van der Waals surface area contributed by atoms with Crippen molar-refractivity contribution in [1.29, 1.82) is 0 Å². The lowest BCUT2D eigenvalue weighted by molar-refractivity contribution is 0.126. The Labute approximate surface area is 157 Å². The molecule has 2 aromatic rings. The van der Waals surface area contributed by atoms with Gasteiger partial charge in [0, 0.05) is 25.0 Å². The fourth-order valence-electron chi connectivity index (χ4n) is 3.03. The summed E-state index contributed by atoms with van der Waals surface area (Å²) in [6, 6.07) is 0.285. The van der Waals surface area contributed by atoms with Crippen LogP contribution in [0.2, 0.25) is 0 Å². The third kappa shape index (κ3) is 4.90. The van der Waals surface area contributed by atoms with Gasteiger partial charge in [-0.15, -0.1) is 11.3 Å². The van der Waals surface area contributed by atoms with Gasteiger partial charge in [-0.05, 0) is 32.1 Å². The standard InChI is InChI=1S/C18H27N5O2S/c1-2-3-8-19-18-21-10-15(17-20-9-14(11-24)26-17)16(23-18)22-12-4-6-13(25)7-5-12/h9-10,12-13,24-25H,2-8,11H2,1H3,(H2,19,21,22,23). The van der Waals surface area contributed by atoms with Crippen LogP contribution < -0.4 is 10.6 Å². The van der Waals surface area contributed by atoms with Crippen molar-refractivity contribution < 1.29 is 10.2 Å². The average molecular weight is 378 g/mol. The van der Waals surface area contributed by atoms with Crippen molar-refractivity contribution >= 4 is 23.1 Å². The van der Waals surface area contributed by atoms with Crippen LogP contribution in [-0.4, -0.2) is 43.9 Å². The lowest BCUT2D eigenvalue weighted by Crippen LogP contribution is -2.29. The van der Waals surface area contributed by atoms with E-state index in [2.05, 4.69) is 32.5 Å². The Hall–Kier alpha value is -1.77. The van der Waals surface area contributed by atoms with Gasteiger partial charge in [0.2, 0.25) is 5.95 Å². The molecule has 0 radical (unpaired) electrons. The van der Waals surface area contributed by atoms with Gasteiger partial charge in [0.25, 0.3) is 0 Å². The molecule has 0 bridgehead atoms. The Balaban J connectivity index is 1.82. The summed E-state index contributed by atoms with van der Waals surface area (Å²) < 4.78 is 0. The number of nitrogens with zero attached hydrogens (tertiary/aromatic N) is 3. The first-order valence-corrected chi connectivity index (χ1v) is 10.1. The van der Waals surface area contributed by atoms with E-state index in [1.807, 2.05) is 0 Å². The summed E-state index contributed by atoms with van der Waals surface area (Å²) in [6.07, 6.45) is 8.94. The van der Waals surface area contributed by atoms with Gasteiger partial charge in [0.1, 0.15) is 10.8 Å². The highest BCUT2D eigenvalue weighted by molar-refractivity contribution is 7.15. The molecule has 26 heavy (non-hydrogen) atoms. The van der Waals surface area contributed by atoms with E-state index in [9.17, 15) is 10.2 Å². The number of aromatic nitrogens is 3. The monoisotopic (exact) mass is 377 g/mol. The van der Waals surface area contributed by atoms with Crippen LogP contribution in [0.25, 0.3) is 10.6 Å². The molecule has 1 aliphatic rings. The molecule has 2 aromatic heterocycles. The Bertz CT molecular complexity index is 701. The quantitative estimate of drug-likeness (QED) is 0.524. The summed E-state index contributed by atoms with van der Waals surface area (Å²) in [5.74, 6) is 1.37. The van der Waals surface area contributed by atoms with E-state index in [1.54, 1.807) is 12.4 Å². The molecule has 7 nitrogen and oxygen atoms in total. The zero-order valence-corrected chi connectivity index (χ0v) is 15.9. The van der Waals surface area contributed by atoms with Crippen LogP contribution in [0, 0.1) is 0 Å². The first kappa shape index (κ1) is 19.0. The molecule has 0 amide bonds. The number of hydrogen-bond donors (Lipinski definition) is 4. The number of unbranched alkanes of at least 4 members (excludes halogenated alkanes) is 1. The van der Waals surface area contributed by atoms with Gasteiger partial charge < -0.3 is 20.8 Å². The summed E-state index contributed by atoms with van der Waals surface area (Å²) >= 11 is 1.45. The molecular formula is C18H27N5O2S. The van der Waals surface area contributed by atoms with Crippen molar-refractivity contribution in [2.45, 2.75) is 64.2 Å². The Morgan fingerprint density at radius 2 is 2.00 bits per heavy atom. The second-order valence-corrected chi connectivity index (χ2v) is 7.79. The number of thiazole rings is 1. The molecule has 0 atom stereocenters. The van der Waals surface area contributed by atoms with E-state index in [0.29, 0.717) is 5.95 Å². The molecule has 0 aromatic carbocycles. The lowest BCUT2D eigenvalue weighted by atomic mass is 9.93. The minimum absolute atomic E-state index is 0.0154. The molecule has 0 unspecified atom stereocenters. The van der Waals surface area contributed by atoms with Crippen LogP contribution in [0.4, 0.5) is 11.8 Å². The fraction of sp³-hybridized carbons (Fsp3) is 0.611. The van der Waals surface area contributed by atoms with Crippen LogP contribution in [0.15, 0.2) is 12.4 Å². The summed E-state index contributed by atoms with van der Waals surface area (Å²) in [4.78, 5) is 14.3. The molecular weight excluding hydrogens is 350 g/mol. The highest BCUT2D eigenvalue weighted by atomic mass is 32.1. The maximum absolute atomic E-state index is 9.72. The van der Waals surface area contributed by atoms with Crippen molar-refractivity contribution in [2.24, 2.45) is 0 Å². The number of hydrogen-bond acceptors (Lipinski definition) is 8. The van der Waals surface area contributed by atoms with Gasteiger partial charge in [-0.25, -0.2) is 9.97 Å². The summed E-state index contributed by atoms with van der Waals surface area (Å²) in [7, 11) is 0. The SMILES string of the molecule is CCCCNc1ncc(-c2ncc(CO)s2)c(NC2CCC(O)CC2)n1. The number of aliphatic hydroxyl groups excluding tert-OH is 2. The van der Waals surface area contributed by atoms with E-state index in [-0.39, 0.29) is 18.8 Å². The maximum atomic E-state index is 9.72. The van der Waals surface area contributed by atoms with E-state index < -0.39 is 0 Å². The van der Waals surface area contributed by atoms with Crippen molar-refractivity contribution in [2.75, 3.05) is 17.2 Å². The second-order valence-electron chi connectivity index (χ2n) is 6.68. The van der Waals surface area contributed by atoms with Crippen molar-refractivity contribution in [3.05, 3.63) is 17.3 Å². The summed E-state index contributed by atoms with van der Waals surface area (Å²) in [5.41, 5.74) is 0.849. The van der Waals surface area contributed by atoms with Crippen LogP contribution in [-0.2, 0) is 6.61 Å². The first-order valence-electron chi connectivity index (χ1n) is 9.31.